The van der Waals surface area contributed by atoms with E-state index < -0.39 is 0 Å². The standard InChI is InChI=1S/C19H17N3O/c1-14(18-13-20-10-11-21-18)22-19(23)17-9-5-8-16(12-17)15-6-3-2-4-7-15/h2-14H,1H3,(H,22,23). The number of nitrogens with zero attached hydrogens (tertiary/aromatic N) is 2. The van der Waals surface area contributed by atoms with Crippen molar-refractivity contribution in [3.8, 4) is 11.1 Å². The second kappa shape index (κ2) is 6.83. The maximum atomic E-state index is 12.5. The van der Waals surface area contributed by atoms with Crippen molar-refractivity contribution in [2.75, 3.05) is 0 Å². The van der Waals surface area contributed by atoms with Crippen molar-refractivity contribution in [3.05, 3.63) is 84.4 Å². The molecule has 1 aromatic heterocycles. The first-order valence-corrected chi connectivity index (χ1v) is 7.46. The van der Waals surface area contributed by atoms with Crippen LogP contribution in [0.15, 0.2) is 73.2 Å². The molecule has 1 atom stereocenters. The van der Waals surface area contributed by atoms with E-state index in [1.54, 1.807) is 18.6 Å². The first-order valence-electron chi connectivity index (χ1n) is 7.46. The Kier molecular flexibility index (Phi) is 4.43. The molecule has 0 bridgehead atoms. The predicted molar refractivity (Wildman–Crippen MR) is 89.8 cm³/mol. The molecule has 0 aliphatic heterocycles. The Balaban J connectivity index is 1.78. The van der Waals surface area contributed by atoms with E-state index in [0.717, 1.165) is 16.8 Å². The van der Waals surface area contributed by atoms with E-state index in [9.17, 15) is 4.79 Å². The van der Waals surface area contributed by atoms with Crippen molar-refractivity contribution in [1.82, 2.24) is 15.3 Å². The highest BCUT2D eigenvalue weighted by Crippen LogP contribution is 2.20. The van der Waals surface area contributed by atoms with Crippen LogP contribution in [-0.2, 0) is 0 Å². The van der Waals surface area contributed by atoms with Crippen molar-refractivity contribution < 1.29 is 4.79 Å². The van der Waals surface area contributed by atoms with Gasteiger partial charge in [0.15, 0.2) is 0 Å². The third-order valence-corrected chi connectivity index (χ3v) is 3.61. The van der Waals surface area contributed by atoms with Gasteiger partial charge in [-0.15, -0.1) is 0 Å². The van der Waals surface area contributed by atoms with Gasteiger partial charge in [-0.25, -0.2) is 0 Å². The fraction of sp³-hybridized carbons (Fsp3) is 0.105. The van der Waals surface area contributed by atoms with Gasteiger partial charge < -0.3 is 5.32 Å². The number of amides is 1. The van der Waals surface area contributed by atoms with E-state index in [0.29, 0.717) is 5.56 Å². The second-order valence-electron chi connectivity index (χ2n) is 5.27. The Bertz CT molecular complexity index is 788. The number of nitrogens with one attached hydrogen (secondary N) is 1. The maximum Gasteiger partial charge on any atom is 0.251 e. The molecule has 4 heteroatoms. The summed E-state index contributed by atoms with van der Waals surface area (Å²) in [6.45, 7) is 1.89. The molecular weight excluding hydrogens is 286 g/mol. The summed E-state index contributed by atoms with van der Waals surface area (Å²) < 4.78 is 0. The summed E-state index contributed by atoms with van der Waals surface area (Å²) in [6, 6.07) is 17.4. The maximum absolute atomic E-state index is 12.5. The Hall–Kier alpha value is -3.01. The minimum atomic E-state index is -0.198. The second-order valence-corrected chi connectivity index (χ2v) is 5.27. The highest BCUT2D eigenvalue weighted by atomic mass is 16.1. The lowest BCUT2D eigenvalue weighted by Crippen LogP contribution is -2.27. The molecule has 0 fully saturated rings. The van der Waals surface area contributed by atoms with Crippen LogP contribution in [0.1, 0.15) is 29.0 Å². The Labute approximate surface area is 135 Å². The molecule has 0 aliphatic carbocycles. The summed E-state index contributed by atoms with van der Waals surface area (Å²) in [7, 11) is 0. The minimum absolute atomic E-state index is 0.124. The quantitative estimate of drug-likeness (QED) is 0.800. The van der Waals surface area contributed by atoms with Gasteiger partial charge in [0.2, 0.25) is 0 Å². The lowest BCUT2D eigenvalue weighted by Gasteiger charge is -2.13. The van der Waals surface area contributed by atoms with Crippen LogP contribution >= 0.6 is 0 Å². The van der Waals surface area contributed by atoms with Crippen LogP contribution < -0.4 is 5.32 Å². The highest BCUT2D eigenvalue weighted by Gasteiger charge is 2.13. The van der Waals surface area contributed by atoms with Crippen LogP contribution in [0.3, 0.4) is 0 Å². The molecule has 0 spiro atoms. The molecule has 23 heavy (non-hydrogen) atoms. The Morgan fingerprint density at radius 2 is 1.78 bits per heavy atom. The van der Waals surface area contributed by atoms with Gasteiger partial charge >= 0.3 is 0 Å². The topological polar surface area (TPSA) is 54.9 Å². The van der Waals surface area contributed by atoms with Gasteiger partial charge in [-0.05, 0) is 30.2 Å². The normalized spacial score (nSPS) is 11.7. The molecule has 3 aromatic rings. The summed E-state index contributed by atoms with van der Waals surface area (Å²) in [5.74, 6) is -0.124. The summed E-state index contributed by atoms with van der Waals surface area (Å²) in [6.07, 6.45) is 4.89. The largest absolute Gasteiger partial charge is 0.344 e. The molecule has 1 amide bonds. The molecule has 0 saturated heterocycles. The van der Waals surface area contributed by atoms with Gasteiger partial charge in [0.05, 0.1) is 17.9 Å². The van der Waals surface area contributed by atoms with Gasteiger partial charge in [0, 0.05) is 18.0 Å². The summed E-state index contributed by atoms with van der Waals surface area (Å²) in [5.41, 5.74) is 3.47. The molecule has 1 heterocycles. The zero-order valence-corrected chi connectivity index (χ0v) is 12.8. The molecule has 2 aromatic carbocycles. The fourth-order valence-corrected chi connectivity index (χ4v) is 2.36. The van der Waals surface area contributed by atoms with Crippen molar-refractivity contribution in [3.63, 3.8) is 0 Å². The van der Waals surface area contributed by atoms with Gasteiger partial charge in [0.25, 0.3) is 5.91 Å². The summed E-state index contributed by atoms with van der Waals surface area (Å²) in [5, 5.41) is 2.95. The van der Waals surface area contributed by atoms with Gasteiger partial charge in [-0.1, -0.05) is 42.5 Å². The molecule has 4 nitrogen and oxygen atoms in total. The highest BCUT2D eigenvalue weighted by molar-refractivity contribution is 5.95. The smallest absolute Gasteiger partial charge is 0.251 e. The SMILES string of the molecule is CC(NC(=O)c1cccc(-c2ccccc2)c1)c1cnccn1. The minimum Gasteiger partial charge on any atom is -0.344 e. The molecule has 1 N–H and O–H groups in total. The monoisotopic (exact) mass is 303 g/mol. The number of benzene rings is 2. The number of rotatable bonds is 4. The van der Waals surface area contributed by atoms with Crippen LogP contribution in [0, 0.1) is 0 Å². The van der Waals surface area contributed by atoms with E-state index in [1.807, 2.05) is 61.5 Å². The van der Waals surface area contributed by atoms with Gasteiger partial charge in [0.1, 0.15) is 0 Å². The summed E-state index contributed by atoms with van der Waals surface area (Å²) >= 11 is 0. The van der Waals surface area contributed by atoms with Gasteiger partial charge in [-0.3, -0.25) is 14.8 Å². The number of carbonyl (C=O) groups excluding carboxylic acids is 1. The Morgan fingerprint density at radius 1 is 1.00 bits per heavy atom. The average molecular weight is 303 g/mol. The fourth-order valence-electron chi connectivity index (χ4n) is 2.36. The van der Waals surface area contributed by atoms with Crippen molar-refractivity contribution in [1.29, 1.82) is 0 Å². The third-order valence-electron chi connectivity index (χ3n) is 3.61. The average Bonchev–Trinajstić information content (AvgIpc) is 2.63. The summed E-state index contributed by atoms with van der Waals surface area (Å²) in [4.78, 5) is 20.7. The number of hydrogen-bond acceptors (Lipinski definition) is 3. The third kappa shape index (κ3) is 3.61. The van der Waals surface area contributed by atoms with E-state index in [4.69, 9.17) is 0 Å². The van der Waals surface area contributed by atoms with Crippen LogP contribution in [0.4, 0.5) is 0 Å². The van der Waals surface area contributed by atoms with E-state index >= 15 is 0 Å². The van der Waals surface area contributed by atoms with Crippen LogP contribution in [0.5, 0.6) is 0 Å². The lowest BCUT2D eigenvalue weighted by atomic mass is 10.0. The van der Waals surface area contributed by atoms with Crippen LogP contribution in [0.25, 0.3) is 11.1 Å². The molecule has 0 saturated carbocycles. The molecule has 0 radical (unpaired) electrons. The lowest BCUT2D eigenvalue weighted by molar-refractivity contribution is 0.0939. The van der Waals surface area contributed by atoms with Crippen molar-refractivity contribution in [2.24, 2.45) is 0 Å². The number of hydrogen-bond donors (Lipinski definition) is 1. The van der Waals surface area contributed by atoms with Gasteiger partial charge in [-0.2, -0.15) is 0 Å². The zero-order chi connectivity index (χ0) is 16.1. The first kappa shape index (κ1) is 14.9. The predicted octanol–water partition coefficient (Wildman–Crippen LogP) is 3.63. The van der Waals surface area contributed by atoms with Crippen molar-refractivity contribution >= 4 is 5.91 Å². The van der Waals surface area contributed by atoms with Crippen LogP contribution in [-0.4, -0.2) is 15.9 Å². The molecule has 0 aliphatic rings. The zero-order valence-electron chi connectivity index (χ0n) is 12.8. The molecule has 114 valence electrons. The number of aromatic nitrogens is 2. The van der Waals surface area contributed by atoms with Crippen LogP contribution in [0.2, 0.25) is 0 Å². The van der Waals surface area contributed by atoms with Crippen molar-refractivity contribution in [2.45, 2.75) is 13.0 Å². The molecule has 3 rings (SSSR count). The Morgan fingerprint density at radius 3 is 2.52 bits per heavy atom. The van der Waals surface area contributed by atoms with E-state index in [-0.39, 0.29) is 11.9 Å². The number of carbonyl (C=O) groups is 1. The molecular formula is C19H17N3O. The van der Waals surface area contributed by atoms with E-state index in [1.165, 1.54) is 0 Å². The van der Waals surface area contributed by atoms with E-state index in [2.05, 4.69) is 15.3 Å². The first-order chi connectivity index (χ1) is 11.2. The molecule has 1 unspecified atom stereocenters.